The van der Waals surface area contributed by atoms with Crippen LogP contribution in [0.25, 0.3) is 0 Å². The van der Waals surface area contributed by atoms with Gasteiger partial charge in [0.1, 0.15) is 5.84 Å². The van der Waals surface area contributed by atoms with Crippen molar-refractivity contribution in [2.75, 3.05) is 11.9 Å². The first-order valence-electron chi connectivity index (χ1n) is 4.51. The van der Waals surface area contributed by atoms with Gasteiger partial charge in [-0.1, -0.05) is 11.6 Å². The van der Waals surface area contributed by atoms with E-state index in [-0.39, 0.29) is 0 Å². The van der Waals surface area contributed by atoms with Crippen molar-refractivity contribution < 1.29 is 0 Å². The van der Waals surface area contributed by atoms with Crippen LogP contribution < -0.4 is 5.32 Å². The second-order valence-electron chi connectivity index (χ2n) is 3.19. The van der Waals surface area contributed by atoms with E-state index in [1.54, 1.807) is 0 Å². The summed E-state index contributed by atoms with van der Waals surface area (Å²) in [5, 5.41) is 3.97. The number of amidine groups is 1. The van der Waals surface area contributed by atoms with Gasteiger partial charge in [0.05, 0.1) is 5.02 Å². The normalized spacial score (nSPS) is 15.4. The molecule has 0 aromatic heterocycles. The maximum atomic E-state index is 5.97. The van der Waals surface area contributed by atoms with Crippen molar-refractivity contribution in [3.63, 3.8) is 0 Å². The van der Waals surface area contributed by atoms with Crippen molar-refractivity contribution in [3.8, 4) is 0 Å². The number of anilines is 1. The molecule has 0 unspecified atom stereocenters. The van der Waals surface area contributed by atoms with Crippen LogP contribution in [0.5, 0.6) is 0 Å². The van der Waals surface area contributed by atoms with Gasteiger partial charge < -0.3 is 5.32 Å². The lowest BCUT2D eigenvalue weighted by molar-refractivity contribution is 0.951. The molecular formula is C10H10BrClN2. The number of benzene rings is 1. The summed E-state index contributed by atoms with van der Waals surface area (Å²) in [6.07, 6.45) is 2.18. The topological polar surface area (TPSA) is 24.4 Å². The second-order valence-corrected chi connectivity index (χ2v) is 4.45. The Hall–Kier alpha value is -0.540. The minimum absolute atomic E-state index is 0.716. The van der Waals surface area contributed by atoms with Crippen LogP contribution in [0.3, 0.4) is 0 Å². The summed E-state index contributed by atoms with van der Waals surface area (Å²) in [6, 6.07) is 5.81. The fraction of sp³-hybridized carbons (Fsp3) is 0.300. The molecule has 2 rings (SSSR count). The summed E-state index contributed by atoms with van der Waals surface area (Å²) in [5.41, 5.74) is 0.999. The van der Waals surface area contributed by atoms with Crippen LogP contribution in [-0.4, -0.2) is 12.4 Å². The zero-order chi connectivity index (χ0) is 9.97. The standard InChI is InChI=1S/C10H10BrClN2/c11-8-4-3-7(6-9(8)12)14-10-2-1-5-13-10/h3-4,6H,1-2,5H2,(H,13,14). The molecule has 2 nitrogen and oxygen atoms in total. The molecule has 4 heteroatoms. The van der Waals surface area contributed by atoms with E-state index in [9.17, 15) is 0 Å². The monoisotopic (exact) mass is 272 g/mol. The molecule has 0 bridgehead atoms. The number of hydrogen-bond donors (Lipinski definition) is 1. The van der Waals surface area contributed by atoms with Crippen molar-refractivity contribution in [3.05, 3.63) is 27.7 Å². The molecule has 1 heterocycles. The largest absolute Gasteiger partial charge is 0.344 e. The van der Waals surface area contributed by atoms with Crippen LogP contribution in [0, 0.1) is 0 Å². The molecule has 0 atom stereocenters. The van der Waals surface area contributed by atoms with Gasteiger partial charge in [-0.15, -0.1) is 0 Å². The SMILES string of the molecule is Clc1cc(NC2=NCCC2)ccc1Br. The van der Waals surface area contributed by atoms with Crippen molar-refractivity contribution in [1.29, 1.82) is 0 Å². The number of halogens is 2. The summed E-state index contributed by atoms with van der Waals surface area (Å²) < 4.78 is 0.915. The van der Waals surface area contributed by atoms with Crippen LogP contribution in [-0.2, 0) is 0 Å². The summed E-state index contributed by atoms with van der Waals surface area (Å²) >= 11 is 9.32. The molecule has 0 radical (unpaired) electrons. The van der Waals surface area contributed by atoms with Crippen molar-refractivity contribution >= 4 is 39.1 Å². The maximum Gasteiger partial charge on any atom is 0.101 e. The zero-order valence-electron chi connectivity index (χ0n) is 7.56. The molecule has 74 valence electrons. The van der Waals surface area contributed by atoms with Gasteiger partial charge in [-0.25, -0.2) is 0 Å². The first-order chi connectivity index (χ1) is 6.75. The van der Waals surface area contributed by atoms with Gasteiger partial charge in [-0.3, -0.25) is 4.99 Å². The molecule has 1 aromatic rings. The smallest absolute Gasteiger partial charge is 0.101 e. The molecule has 0 spiro atoms. The van der Waals surface area contributed by atoms with Crippen molar-refractivity contribution in [1.82, 2.24) is 0 Å². The number of hydrogen-bond acceptors (Lipinski definition) is 2. The molecule has 1 aliphatic rings. The van der Waals surface area contributed by atoms with Crippen LogP contribution in [0.1, 0.15) is 12.8 Å². The first kappa shape index (κ1) is 9.99. The highest BCUT2D eigenvalue weighted by Crippen LogP contribution is 2.25. The molecule has 1 N–H and O–H groups in total. The van der Waals surface area contributed by atoms with Crippen molar-refractivity contribution in [2.24, 2.45) is 4.99 Å². The quantitative estimate of drug-likeness (QED) is 0.829. The summed E-state index contributed by atoms with van der Waals surface area (Å²) in [5.74, 6) is 1.06. The molecule has 1 aliphatic heterocycles. The van der Waals surface area contributed by atoms with E-state index < -0.39 is 0 Å². The number of rotatable bonds is 1. The molecule has 14 heavy (non-hydrogen) atoms. The first-order valence-corrected chi connectivity index (χ1v) is 5.68. The minimum atomic E-state index is 0.716. The predicted molar refractivity (Wildman–Crippen MR) is 64.3 cm³/mol. The number of aliphatic imine (C=N–C) groups is 1. The summed E-state index contributed by atoms with van der Waals surface area (Å²) in [6.45, 7) is 0.937. The third-order valence-corrected chi connectivity index (χ3v) is 3.32. The average molecular weight is 274 g/mol. The predicted octanol–water partition coefficient (Wildman–Crippen LogP) is 3.71. The average Bonchev–Trinajstić information content (AvgIpc) is 2.64. The number of nitrogens with one attached hydrogen (secondary N) is 1. The van der Waals surface area contributed by atoms with E-state index in [4.69, 9.17) is 11.6 Å². The highest BCUT2D eigenvalue weighted by molar-refractivity contribution is 9.10. The number of nitrogens with zero attached hydrogens (tertiary/aromatic N) is 1. The summed E-state index contributed by atoms with van der Waals surface area (Å²) in [4.78, 5) is 4.33. The molecule has 0 amide bonds. The van der Waals surface area contributed by atoms with E-state index in [0.717, 1.165) is 35.4 Å². The van der Waals surface area contributed by atoms with Gasteiger partial charge in [-0.05, 0) is 40.5 Å². The van der Waals surface area contributed by atoms with Crippen LogP contribution in [0.4, 0.5) is 5.69 Å². The minimum Gasteiger partial charge on any atom is -0.344 e. The third-order valence-electron chi connectivity index (χ3n) is 2.08. The fourth-order valence-electron chi connectivity index (χ4n) is 1.38. The molecule has 0 saturated heterocycles. The Morgan fingerprint density at radius 3 is 2.93 bits per heavy atom. The van der Waals surface area contributed by atoms with Gasteiger partial charge >= 0.3 is 0 Å². The maximum absolute atomic E-state index is 5.97. The van der Waals surface area contributed by atoms with Gasteiger partial charge in [0.15, 0.2) is 0 Å². The van der Waals surface area contributed by atoms with Gasteiger partial charge in [-0.2, -0.15) is 0 Å². The van der Waals surface area contributed by atoms with Gasteiger partial charge in [0.2, 0.25) is 0 Å². The van der Waals surface area contributed by atoms with E-state index in [2.05, 4.69) is 26.2 Å². The molecular weight excluding hydrogens is 263 g/mol. The van der Waals surface area contributed by atoms with Crippen molar-refractivity contribution in [2.45, 2.75) is 12.8 Å². The van der Waals surface area contributed by atoms with Crippen LogP contribution in [0.15, 0.2) is 27.7 Å². The highest BCUT2D eigenvalue weighted by Gasteiger charge is 2.06. The summed E-state index contributed by atoms with van der Waals surface area (Å²) in [7, 11) is 0. The van der Waals surface area contributed by atoms with E-state index in [1.807, 2.05) is 18.2 Å². The lowest BCUT2D eigenvalue weighted by Crippen LogP contribution is -2.07. The van der Waals surface area contributed by atoms with E-state index >= 15 is 0 Å². The highest BCUT2D eigenvalue weighted by atomic mass is 79.9. The second kappa shape index (κ2) is 4.32. The molecule has 0 fully saturated rings. The lowest BCUT2D eigenvalue weighted by Gasteiger charge is -2.06. The Morgan fingerprint density at radius 2 is 2.29 bits per heavy atom. The Balaban J connectivity index is 2.13. The Labute approximate surface area is 96.5 Å². The zero-order valence-corrected chi connectivity index (χ0v) is 9.90. The van der Waals surface area contributed by atoms with E-state index in [1.165, 1.54) is 0 Å². The Morgan fingerprint density at radius 1 is 1.43 bits per heavy atom. The fourth-order valence-corrected chi connectivity index (χ4v) is 1.81. The molecule has 1 aromatic carbocycles. The van der Waals surface area contributed by atoms with Crippen LogP contribution >= 0.6 is 27.5 Å². The lowest BCUT2D eigenvalue weighted by atomic mass is 10.3. The Kier molecular flexibility index (Phi) is 3.08. The molecule has 0 aliphatic carbocycles. The third kappa shape index (κ3) is 2.28. The van der Waals surface area contributed by atoms with Gasteiger partial charge in [0.25, 0.3) is 0 Å². The Bertz CT molecular complexity index is 376. The van der Waals surface area contributed by atoms with Gasteiger partial charge in [0, 0.05) is 23.1 Å². The van der Waals surface area contributed by atoms with Crippen LogP contribution in [0.2, 0.25) is 5.02 Å². The molecule has 0 saturated carbocycles. The van der Waals surface area contributed by atoms with E-state index in [0.29, 0.717) is 5.02 Å².